The molecule has 0 aromatic heterocycles. The van der Waals surface area contributed by atoms with E-state index in [1.807, 2.05) is 43.3 Å². The molecule has 0 N–H and O–H groups in total. The standard InChI is InChI=1S/C19H21NO4/c1-15-2-4-17(5-3-15)24-18-8-6-16(7-9-18)23-14-19(21)20-10-12-22-13-11-20/h2-9H,10-14H2,1H3. The predicted molar refractivity (Wildman–Crippen MR) is 90.6 cm³/mol. The van der Waals surface area contributed by atoms with Gasteiger partial charge in [0.2, 0.25) is 0 Å². The van der Waals surface area contributed by atoms with Crippen molar-refractivity contribution in [2.45, 2.75) is 6.92 Å². The lowest BCUT2D eigenvalue weighted by atomic mass is 10.2. The highest BCUT2D eigenvalue weighted by Crippen LogP contribution is 2.24. The highest BCUT2D eigenvalue weighted by atomic mass is 16.5. The van der Waals surface area contributed by atoms with E-state index in [9.17, 15) is 4.79 Å². The van der Waals surface area contributed by atoms with Gasteiger partial charge in [0.15, 0.2) is 6.61 Å². The summed E-state index contributed by atoms with van der Waals surface area (Å²) in [4.78, 5) is 13.8. The molecule has 1 heterocycles. The molecule has 0 unspecified atom stereocenters. The van der Waals surface area contributed by atoms with Gasteiger partial charge in [0.1, 0.15) is 17.2 Å². The van der Waals surface area contributed by atoms with Gasteiger partial charge in [-0.3, -0.25) is 4.79 Å². The number of rotatable bonds is 5. The summed E-state index contributed by atoms with van der Waals surface area (Å²) in [5.41, 5.74) is 1.19. The minimum Gasteiger partial charge on any atom is -0.484 e. The van der Waals surface area contributed by atoms with Gasteiger partial charge in [0.05, 0.1) is 13.2 Å². The smallest absolute Gasteiger partial charge is 0.260 e. The average molecular weight is 327 g/mol. The second kappa shape index (κ2) is 7.84. The monoisotopic (exact) mass is 327 g/mol. The first-order valence-corrected chi connectivity index (χ1v) is 8.03. The first-order chi connectivity index (χ1) is 11.7. The zero-order valence-corrected chi connectivity index (χ0v) is 13.7. The maximum atomic E-state index is 12.0. The fraction of sp³-hybridized carbons (Fsp3) is 0.316. The maximum absolute atomic E-state index is 12.0. The number of ether oxygens (including phenoxy) is 3. The molecular weight excluding hydrogens is 306 g/mol. The van der Waals surface area contributed by atoms with E-state index in [2.05, 4.69) is 0 Å². The molecule has 3 rings (SSSR count). The van der Waals surface area contributed by atoms with Crippen molar-refractivity contribution < 1.29 is 19.0 Å². The first-order valence-electron chi connectivity index (χ1n) is 8.03. The topological polar surface area (TPSA) is 48.0 Å². The quantitative estimate of drug-likeness (QED) is 0.847. The predicted octanol–water partition coefficient (Wildman–Crippen LogP) is 3.02. The first kappa shape index (κ1) is 16.3. The summed E-state index contributed by atoms with van der Waals surface area (Å²) in [5.74, 6) is 2.15. The zero-order valence-electron chi connectivity index (χ0n) is 13.7. The molecule has 0 radical (unpaired) electrons. The summed E-state index contributed by atoms with van der Waals surface area (Å²) in [7, 11) is 0. The highest BCUT2D eigenvalue weighted by Gasteiger charge is 2.17. The highest BCUT2D eigenvalue weighted by molar-refractivity contribution is 5.77. The normalized spacial score (nSPS) is 14.3. The van der Waals surface area contributed by atoms with Crippen LogP contribution in [0.5, 0.6) is 17.2 Å². The van der Waals surface area contributed by atoms with Crippen LogP contribution in [-0.4, -0.2) is 43.7 Å². The Bertz CT molecular complexity index is 661. The molecule has 1 aliphatic heterocycles. The third kappa shape index (κ3) is 4.49. The SMILES string of the molecule is Cc1ccc(Oc2ccc(OCC(=O)N3CCOCC3)cc2)cc1. The van der Waals surface area contributed by atoms with Crippen LogP contribution in [0.2, 0.25) is 0 Å². The molecule has 0 atom stereocenters. The molecule has 5 heteroatoms. The lowest BCUT2D eigenvalue weighted by Gasteiger charge is -2.26. The number of hydrogen-bond acceptors (Lipinski definition) is 4. The third-order valence-corrected chi connectivity index (χ3v) is 3.81. The molecule has 1 saturated heterocycles. The Morgan fingerprint density at radius 3 is 2.12 bits per heavy atom. The zero-order chi connectivity index (χ0) is 16.8. The largest absolute Gasteiger partial charge is 0.484 e. The second-order valence-electron chi connectivity index (χ2n) is 5.67. The van der Waals surface area contributed by atoms with Gasteiger partial charge in [-0.2, -0.15) is 0 Å². The van der Waals surface area contributed by atoms with Crippen molar-refractivity contribution >= 4 is 5.91 Å². The molecule has 0 saturated carbocycles. The molecule has 0 bridgehead atoms. The van der Waals surface area contributed by atoms with Crippen molar-refractivity contribution in [3.63, 3.8) is 0 Å². The van der Waals surface area contributed by atoms with Crippen molar-refractivity contribution in [2.75, 3.05) is 32.9 Å². The van der Waals surface area contributed by atoms with Gasteiger partial charge >= 0.3 is 0 Å². The summed E-state index contributed by atoms with van der Waals surface area (Å²) < 4.78 is 16.6. The van der Waals surface area contributed by atoms with E-state index in [4.69, 9.17) is 14.2 Å². The minimum absolute atomic E-state index is 0.0155. The Morgan fingerprint density at radius 1 is 0.958 bits per heavy atom. The summed E-state index contributed by atoms with van der Waals surface area (Å²) in [6.07, 6.45) is 0. The molecule has 126 valence electrons. The molecule has 1 amide bonds. The van der Waals surface area contributed by atoms with Crippen LogP contribution in [0.25, 0.3) is 0 Å². The van der Waals surface area contributed by atoms with Gasteiger partial charge in [-0.15, -0.1) is 0 Å². The van der Waals surface area contributed by atoms with Crippen molar-refractivity contribution in [1.29, 1.82) is 0 Å². The molecular formula is C19H21NO4. The summed E-state index contributed by atoms with van der Waals surface area (Å²) in [6, 6.07) is 15.1. The van der Waals surface area contributed by atoms with Crippen molar-refractivity contribution in [1.82, 2.24) is 4.90 Å². The van der Waals surface area contributed by atoms with Crippen LogP contribution in [0, 0.1) is 6.92 Å². The van der Waals surface area contributed by atoms with E-state index in [1.165, 1.54) is 5.56 Å². The van der Waals surface area contributed by atoms with E-state index in [0.717, 1.165) is 11.5 Å². The lowest BCUT2D eigenvalue weighted by Crippen LogP contribution is -2.42. The average Bonchev–Trinajstić information content (AvgIpc) is 2.63. The number of carbonyl (C=O) groups is 1. The number of nitrogens with zero attached hydrogens (tertiary/aromatic N) is 1. The van der Waals surface area contributed by atoms with Gasteiger partial charge in [-0.1, -0.05) is 17.7 Å². The number of hydrogen-bond donors (Lipinski definition) is 0. The van der Waals surface area contributed by atoms with Crippen molar-refractivity contribution in [2.24, 2.45) is 0 Å². The number of amides is 1. The molecule has 0 spiro atoms. The van der Waals surface area contributed by atoms with Gasteiger partial charge in [0.25, 0.3) is 5.91 Å². The van der Waals surface area contributed by atoms with Crippen LogP contribution in [0.15, 0.2) is 48.5 Å². The number of aryl methyl sites for hydroxylation is 1. The Morgan fingerprint density at radius 2 is 1.50 bits per heavy atom. The van der Waals surface area contributed by atoms with Crippen LogP contribution in [-0.2, 0) is 9.53 Å². The molecule has 2 aromatic rings. The Balaban J connectivity index is 1.50. The van der Waals surface area contributed by atoms with E-state index >= 15 is 0 Å². The van der Waals surface area contributed by atoms with Crippen LogP contribution < -0.4 is 9.47 Å². The van der Waals surface area contributed by atoms with E-state index in [1.54, 1.807) is 17.0 Å². The van der Waals surface area contributed by atoms with Gasteiger partial charge < -0.3 is 19.1 Å². The van der Waals surface area contributed by atoms with Gasteiger partial charge in [0, 0.05) is 13.1 Å². The van der Waals surface area contributed by atoms with E-state index in [-0.39, 0.29) is 12.5 Å². The third-order valence-electron chi connectivity index (χ3n) is 3.81. The maximum Gasteiger partial charge on any atom is 0.260 e. The Labute approximate surface area is 141 Å². The fourth-order valence-corrected chi connectivity index (χ4v) is 2.40. The van der Waals surface area contributed by atoms with Crippen LogP contribution in [0.4, 0.5) is 0 Å². The van der Waals surface area contributed by atoms with Gasteiger partial charge in [-0.05, 0) is 43.3 Å². The van der Waals surface area contributed by atoms with E-state index in [0.29, 0.717) is 32.1 Å². The van der Waals surface area contributed by atoms with Crippen molar-refractivity contribution in [3.05, 3.63) is 54.1 Å². The second-order valence-corrected chi connectivity index (χ2v) is 5.67. The van der Waals surface area contributed by atoms with Crippen LogP contribution in [0.3, 0.4) is 0 Å². The van der Waals surface area contributed by atoms with Crippen LogP contribution in [0.1, 0.15) is 5.56 Å². The Kier molecular flexibility index (Phi) is 5.33. The molecule has 1 fully saturated rings. The molecule has 1 aliphatic rings. The van der Waals surface area contributed by atoms with Gasteiger partial charge in [-0.25, -0.2) is 0 Å². The number of carbonyl (C=O) groups excluding carboxylic acids is 1. The molecule has 2 aromatic carbocycles. The number of morpholine rings is 1. The summed E-state index contributed by atoms with van der Waals surface area (Å²) >= 11 is 0. The van der Waals surface area contributed by atoms with E-state index < -0.39 is 0 Å². The summed E-state index contributed by atoms with van der Waals surface area (Å²) in [5, 5.41) is 0. The molecule has 24 heavy (non-hydrogen) atoms. The summed E-state index contributed by atoms with van der Waals surface area (Å²) in [6.45, 7) is 4.52. The fourth-order valence-electron chi connectivity index (χ4n) is 2.40. The Hall–Kier alpha value is -2.53. The van der Waals surface area contributed by atoms with Crippen LogP contribution >= 0.6 is 0 Å². The lowest BCUT2D eigenvalue weighted by molar-refractivity contribution is -0.137. The number of benzene rings is 2. The molecule has 5 nitrogen and oxygen atoms in total. The van der Waals surface area contributed by atoms with Crippen molar-refractivity contribution in [3.8, 4) is 17.2 Å². The molecule has 0 aliphatic carbocycles. The minimum atomic E-state index is -0.0155.